The molecule has 1 heterocycles. The van der Waals surface area contributed by atoms with E-state index in [-0.39, 0.29) is 18.0 Å². The van der Waals surface area contributed by atoms with E-state index in [9.17, 15) is 9.59 Å². The molecule has 0 unspecified atom stereocenters. The Hall–Kier alpha value is -2.79. The van der Waals surface area contributed by atoms with Crippen LogP contribution in [-0.4, -0.2) is 17.6 Å². The number of hydrogen-bond acceptors (Lipinski definition) is 3. The Balaban J connectivity index is 1.88. The van der Waals surface area contributed by atoms with Crippen LogP contribution in [0.15, 0.2) is 53.3 Å². The maximum atomic E-state index is 12.4. The van der Waals surface area contributed by atoms with Gasteiger partial charge in [0.15, 0.2) is 0 Å². The molecule has 1 aromatic heterocycles. The Labute approximate surface area is 149 Å². The molecule has 2 aromatic carbocycles. The molecule has 3 rings (SSSR count). The third-order valence-corrected chi connectivity index (χ3v) is 4.26. The summed E-state index contributed by atoms with van der Waals surface area (Å²) in [6, 6.07) is 14.0. The van der Waals surface area contributed by atoms with E-state index in [1.54, 1.807) is 24.3 Å². The molecule has 0 radical (unpaired) electrons. The van der Waals surface area contributed by atoms with Crippen molar-refractivity contribution >= 4 is 34.1 Å². The largest absolute Gasteiger partial charge is 0.495 e. The lowest BCUT2D eigenvalue weighted by atomic mass is 10.1. The van der Waals surface area contributed by atoms with E-state index >= 15 is 0 Å². The number of carbonyl (C=O) groups excluding carboxylic acids is 1. The normalized spacial score (nSPS) is 10.7. The number of anilines is 1. The molecule has 25 heavy (non-hydrogen) atoms. The van der Waals surface area contributed by atoms with E-state index in [1.165, 1.54) is 11.7 Å². The summed E-state index contributed by atoms with van der Waals surface area (Å²) >= 11 is 6.06. The number of benzene rings is 2. The quantitative estimate of drug-likeness (QED) is 0.776. The molecule has 0 saturated carbocycles. The number of ether oxygens (including phenoxy) is 1. The highest BCUT2D eigenvalue weighted by molar-refractivity contribution is 6.32. The van der Waals surface area contributed by atoms with Crippen LogP contribution in [0.4, 0.5) is 5.69 Å². The number of fused-ring (bicyclic) bond motifs is 1. The zero-order chi connectivity index (χ0) is 18.0. The standard InChI is InChI=1S/C19H17ClN2O3/c1-12-9-19(24)22(16-6-4-3-5-14(12)16)11-18(23)21-13-7-8-17(25-2)15(20)10-13/h3-10H,11H2,1-2H3,(H,21,23). The number of para-hydroxylation sites is 1. The molecular formula is C19H17ClN2O3. The van der Waals surface area contributed by atoms with Crippen molar-refractivity contribution in [1.82, 2.24) is 4.57 Å². The second-order valence-electron chi connectivity index (χ2n) is 5.67. The van der Waals surface area contributed by atoms with Gasteiger partial charge in [-0.25, -0.2) is 0 Å². The average Bonchev–Trinajstić information content (AvgIpc) is 2.59. The number of carbonyl (C=O) groups is 1. The van der Waals surface area contributed by atoms with Crippen molar-refractivity contribution in [3.05, 3.63) is 69.5 Å². The second kappa shape index (κ2) is 6.99. The number of aromatic nitrogens is 1. The SMILES string of the molecule is COc1ccc(NC(=O)Cn2c(=O)cc(C)c3ccccc32)cc1Cl. The molecule has 1 N–H and O–H groups in total. The van der Waals surface area contributed by atoms with Crippen LogP contribution >= 0.6 is 11.6 Å². The number of nitrogens with one attached hydrogen (secondary N) is 1. The van der Waals surface area contributed by atoms with Gasteiger partial charge >= 0.3 is 0 Å². The van der Waals surface area contributed by atoms with E-state index < -0.39 is 0 Å². The Morgan fingerprint density at radius 3 is 2.68 bits per heavy atom. The van der Waals surface area contributed by atoms with Crippen molar-refractivity contribution in [2.75, 3.05) is 12.4 Å². The van der Waals surface area contributed by atoms with Gasteiger partial charge in [-0.15, -0.1) is 0 Å². The minimum absolute atomic E-state index is 0.0801. The molecule has 0 aliphatic heterocycles. The van der Waals surface area contributed by atoms with Gasteiger partial charge < -0.3 is 10.1 Å². The van der Waals surface area contributed by atoms with Gasteiger partial charge in [-0.05, 0) is 36.8 Å². The highest BCUT2D eigenvalue weighted by Gasteiger charge is 2.11. The maximum absolute atomic E-state index is 12.4. The first-order chi connectivity index (χ1) is 12.0. The Bertz CT molecular complexity index is 1010. The fraction of sp³-hybridized carbons (Fsp3) is 0.158. The molecule has 0 fully saturated rings. The van der Waals surface area contributed by atoms with E-state index in [1.807, 2.05) is 31.2 Å². The lowest BCUT2D eigenvalue weighted by molar-refractivity contribution is -0.116. The van der Waals surface area contributed by atoms with Crippen LogP contribution in [0.25, 0.3) is 10.9 Å². The van der Waals surface area contributed by atoms with Gasteiger partial charge in [0.2, 0.25) is 5.91 Å². The van der Waals surface area contributed by atoms with Gasteiger partial charge in [-0.2, -0.15) is 0 Å². The molecular weight excluding hydrogens is 340 g/mol. The van der Waals surface area contributed by atoms with Crippen molar-refractivity contribution in [2.45, 2.75) is 13.5 Å². The first kappa shape index (κ1) is 17.0. The first-order valence-corrected chi connectivity index (χ1v) is 8.10. The molecule has 3 aromatic rings. The number of methoxy groups -OCH3 is 1. The molecule has 0 atom stereocenters. The van der Waals surface area contributed by atoms with Crippen LogP contribution in [0, 0.1) is 6.92 Å². The fourth-order valence-corrected chi connectivity index (χ4v) is 3.01. The van der Waals surface area contributed by atoms with Gasteiger partial charge in [-0.1, -0.05) is 29.8 Å². The molecule has 128 valence electrons. The average molecular weight is 357 g/mol. The summed E-state index contributed by atoms with van der Waals surface area (Å²) < 4.78 is 6.55. The van der Waals surface area contributed by atoms with Crippen LogP contribution in [0.3, 0.4) is 0 Å². The fourth-order valence-electron chi connectivity index (χ4n) is 2.75. The van der Waals surface area contributed by atoms with Crippen LogP contribution in [0.5, 0.6) is 5.75 Å². The van der Waals surface area contributed by atoms with Gasteiger partial charge in [0.05, 0.1) is 17.6 Å². The predicted octanol–water partition coefficient (Wildman–Crippen LogP) is 3.61. The van der Waals surface area contributed by atoms with Crippen LogP contribution in [-0.2, 0) is 11.3 Å². The van der Waals surface area contributed by atoms with E-state index in [0.29, 0.717) is 16.5 Å². The van der Waals surface area contributed by atoms with Crippen molar-refractivity contribution in [3.63, 3.8) is 0 Å². The zero-order valence-electron chi connectivity index (χ0n) is 13.9. The molecule has 0 spiro atoms. The Morgan fingerprint density at radius 2 is 1.96 bits per heavy atom. The number of nitrogens with zero attached hydrogens (tertiary/aromatic N) is 1. The third kappa shape index (κ3) is 3.51. The smallest absolute Gasteiger partial charge is 0.251 e. The molecule has 1 amide bonds. The van der Waals surface area contributed by atoms with Gasteiger partial charge in [-0.3, -0.25) is 14.2 Å². The summed E-state index contributed by atoms with van der Waals surface area (Å²) in [5, 5.41) is 4.10. The number of aryl methyl sites for hydroxylation is 1. The number of pyridine rings is 1. The third-order valence-electron chi connectivity index (χ3n) is 3.96. The van der Waals surface area contributed by atoms with Crippen LogP contribution in [0.1, 0.15) is 5.56 Å². The van der Waals surface area contributed by atoms with Crippen LogP contribution in [0.2, 0.25) is 5.02 Å². The zero-order valence-corrected chi connectivity index (χ0v) is 14.6. The molecule has 6 heteroatoms. The maximum Gasteiger partial charge on any atom is 0.251 e. The second-order valence-corrected chi connectivity index (χ2v) is 6.07. The highest BCUT2D eigenvalue weighted by atomic mass is 35.5. The Morgan fingerprint density at radius 1 is 1.20 bits per heavy atom. The lowest BCUT2D eigenvalue weighted by Gasteiger charge is -2.12. The number of halogens is 1. The van der Waals surface area contributed by atoms with Crippen LogP contribution < -0.4 is 15.6 Å². The summed E-state index contributed by atoms with van der Waals surface area (Å²) in [6.45, 7) is 1.80. The minimum Gasteiger partial charge on any atom is -0.495 e. The van der Waals surface area contributed by atoms with Gasteiger partial charge in [0.1, 0.15) is 12.3 Å². The molecule has 0 aliphatic rings. The number of amides is 1. The Kier molecular flexibility index (Phi) is 4.76. The topological polar surface area (TPSA) is 60.3 Å². The number of hydrogen-bond donors (Lipinski definition) is 1. The van der Waals surface area contributed by atoms with Gasteiger partial charge in [0, 0.05) is 17.1 Å². The van der Waals surface area contributed by atoms with Crippen molar-refractivity contribution < 1.29 is 9.53 Å². The highest BCUT2D eigenvalue weighted by Crippen LogP contribution is 2.27. The molecule has 0 aliphatic carbocycles. The van der Waals surface area contributed by atoms with Gasteiger partial charge in [0.25, 0.3) is 5.56 Å². The van der Waals surface area contributed by atoms with Crippen molar-refractivity contribution in [3.8, 4) is 5.75 Å². The first-order valence-electron chi connectivity index (χ1n) is 7.72. The molecule has 0 saturated heterocycles. The van der Waals surface area contributed by atoms with E-state index in [2.05, 4.69) is 5.32 Å². The van der Waals surface area contributed by atoms with E-state index in [4.69, 9.17) is 16.3 Å². The summed E-state index contributed by atoms with van der Waals surface area (Å²) in [7, 11) is 1.52. The predicted molar refractivity (Wildman–Crippen MR) is 99.6 cm³/mol. The van der Waals surface area contributed by atoms with Crippen molar-refractivity contribution in [2.24, 2.45) is 0 Å². The lowest BCUT2D eigenvalue weighted by Crippen LogP contribution is -2.27. The molecule has 5 nitrogen and oxygen atoms in total. The summed E-state index contributed by atoms with van der Waals surface area (Å²) in [6.07, 6.45) is 0. The summed E-state index contributed by atoms with van der Waals surface area (Å²) in [5.41, 5.74) is 1.95. The summed E-state index contributed by atoms with van der Waals surface area (Å²) in [5.74, 6) is 0.220. The number of rotatable bonds is 4. The van der Waals surface area contributed by atoms with E-state index in [0.717, 1.165) is 16.5 Å². The monoisotopic (exact) mass is 356 g/mol. The minimum atomic E-state index is -0.308. The molecule has 0 bridgehead atoms. The summed E-state index contributed by atoms with van der Waals surface area (Å²) in [4.78, 5) is 24.7. The van der Waals surface area contributed by atoms with Crippen molar-refractivity contribution in [1.29, 1.82) is 0 Å².